The van der Waals surface area contributed by atoms with Crippen molar-refractivity contribution in [2.45, 2.75) is 31.7 Å². The number of carbonyl (C=O) groups excluding carboxylic acids is 1. The quantitative estimate of drug-likeness (QED) is 0.867. The van der Waals surface area contributed by atoms with Gasteiger partial charge in [-0.2, -0.15) is 16.4 Å². The first-order valence-electron chi connectivity index (χ1n) is 6.96. The number of aromatic nitrogens is 3. The molecule has 2 aromatic heterocycles. The average Bonchev–Trinajstić information content (AvgIpc) is 3.18. The van der Waals surface area contributed by atoms with Gasteiger partial charge >= 0.3 is 0 Å². The second kappa shape index (κ2) is 6.17. The molecule has 3 heterocycles. The molecule has 1 saturated heterocycles. The Bertz CT molecular complexity index is 538. The van der Waals surface area contributed by atoms with Gasteiger partial charge in [0.1, 0.15) is 12.7 Å². The minimum atomic E-state index is 0.251. The van der Waals surface area contributed by atoms with Gasteiger partial charge < -0.3 is 4.90 Å². The maximum Gasteiger partial charge on any atom is 0.222 e. The summed E-state index contributed by atoms with van der Waals surface area (Å²) in [6.07, 6.45) is 6.83. The zero-order valence-corrected chi connectivity index (χ0v) is 12.1. The second-order valence-corrected chi connectivity index (χ2v) is 5.92. The summed E-state index contributed by atoms with van der Waals surface area (Å²) in [7, 11) is 0. The molecule has 1 atom stereocenters. The van der Waals surface area contributed by atoms with Crippen molar-refractivity contribution in [3.8, 4) is 0 Å². The van der Waals surface area contributed by atoms with Crippen molar-refractivity contribution in [3.63, 3.8) is 0 Å². The summed E-state index contributed by atoms with van der Waals surface area (Å²) in [6, 6.07) is 2.36. The van der Waals surface area contributed by atoms with E-state index in [2.05, 4.69) is 26.9 Å². The summed E-state index contributed by atoms with van der Waals surface area (Å²) in [5, 5.41) is 8.36. The highest BCUT2D eigenvalue weighted by Crippen LogP contribution is 2.21. The van der Waals surface area contributed by atoms with E-state index in [9.17, 15) is 4.79 Å². The van der Waals surface area contributed by atoms with Crippen LogP contribution in [0.5, 0.6) is 0 Å². The Morgan fingerprint density at radius 1 is 1.50 bits per heavy atom. The van der Waals surface area contributed by atoms with Crippen LogP contribution < -0.4 is 0 Å². The van der Waals surface area contributed by atoms with Crippen LogP contribution in [-0.4, -0.2) is 38.7 Å². The molecule has 0 saturated carbocycles. The Morgan fingerprint density at radius 2 is 2.45 bits per heavy atom. The van der Waals surface area contributed by atoms with E-state index >= 15 is 0 Å². The summed E-state index contributed by atoms with van der Waals surface area (Å²) in [6.45, 7) is 1.62. The molecule has 6 heteroatoms. The molecule has 1 aliphatic heterocycles. The van der Waals surface area contributed by atoms with Crippen LogP contribution >= 0.6 is 11.3 Å². The van der Waals surface area contributed by atoms with Gasteiger partial charge in [-0.25, -0.2) is 9.67 Å². The first kappa shape index (κ1) is 13.3. The molecule has 20 heavy (non-hydrogen) atoms. The van der Waals surface area contributed by atoms with Crippen LogP contribution in [0, 0.1) is 0 Å². The number of carbonyl (C=O) groups is 1. The van der Waals surface area contributed by atoms with Crippen LogP contribution in [0.3, 0.4) is 0 Å². The van der Waals surface area contributed by atoms with Gasteiger partial charge in [-0.05, 0) is 41.7 Å². The number of piperidine rings is 1. The molecule has 1 amide bonds. The number of nitrogens with zero attached hydrogens (tertiary/aromatic N) is 4. The molecule has 3 rings (SSSR count). The summed E-state index contributed by atoms with van der Waals surface area (Å²) >= 11 is 1.68. The number of likely N-dealkylation sites (tertiary alicyclic amines) is 1. The molecule has 2 aromatic rings. The lowest BCUT2D eigenvalue weighted by molar-refractivity contribution is -0.132. The number of aryl methyl sites for hydroxylation is 1. The van der Waals surface area contributed by atoms with Crippen LogP contribution in [-0.2, 0) is 11.2 Å². The minimum absolute atomic E-state index is 0.251. The van der Waals surface area contributed by atoms with Gasteiger partial charge in [-0.15, -0.1) is 0 Å². The largest absolute Gasteiger partial charge is 0.341 e. The van der Waals surface area contributed by atoms with Gasteiger partial charge in [0.05, 0.1) is 6.04 Å². The lowest BCUT2D eigenvalue weighted by atomic mass is 10.0. The predicted octanol–water partition coefficient (Wildman–Crippen LogP) is 2.14. The smallest absolute Gasteiger partial charge is 0.222 e. The predicted molar refractivity (Wildman–Crippen MR) is 77.5 cm³/mol. The Hall–Kier alpha value is -1.69. The van der Waals surface area contributed by atoms with E-state index in [1.807, 2.05) is 9.58 Å². The molecular formula is C14H18N4OS. The first-order valence-corrected chi connectivity index (χ1v) is 7.90. The fourth-order valence-corrected chi connectivity index (χ4v) is 3.35. The van der Waals surface area contributed by atoms with E-state index < -0.39 is 0 Å². The summed E-state index contributed by atoms with van der Waals surface area (Å²) < 4.78 is 1.87. The second-order valence-electron chi connectivity index (χ2n) is 5.14. The molecule has 1 fully saturated rings. The maximum atomic E-state index is 12.3. The van der Waals surface area contributed by atoms with Gasteiger partial charge in [-0.3, -0.25) is 4.79 Å². The van der Waals surface area contributed by atoms with E-state index in [4.69, 9.17) is 0 Å². The van der Waals surface area contributed by atoms with Gasteiger partial charge in [-0.1, -0.05) is 0 Å². The molecule has 0 bridgehead atoms. The third-order valence-electron chi connectivity index (χ3n) is 3.77. The van der Waals surface area contributed by atoms with Gasteiger partial charge in [0, 0.05) is 19.5 Å². The fraction of sp³-hybridized carbons (Fsp3) is 0.500. The number of thiophene rings is 1. The fourth-order valence-electron chi connectivity index (χ4n) is 2.65. The zero-order chi connectivity index (χ0) is 13.8. The lowest BCUT2D eigenvalue weighted by Crippen LogP contribution is -2.40. The Balaban J connectivity index is 1.55. The summed E-state index contributed by atoms with van der Waals surface area (Å²) in [5.41, 5.74) is 1.26. The SMILES string of the molecule is O=C(CCc1ccsc1)N1CCC[C@H](n2cncn2)C1. The summed E-state index contributed by atoms with van der Waals surface area (Å²) in [5.74, 6) is 0.251. The van der Waals surface area contributed by atoms with E-state index in [-0.39, 0.29) is 11.9 Å². The first-order chi connectivity index (χ1) is 9.83. The van der Waals surface area contributed by atoms with E-state index in [1.54, 1.807) is 24.0 Å². The van der Waals surface area contributed by atoms with Crippen molar-refractivity contribution in [2.75, 3.05) is 13.1 Å². The van der Waals surface area contributed by atoms with Gasteiger partial charge in [0.2, 0.25) is 5.91 Å². The average molecular weight is 290 g/mol. The van der Waals surface area contributed by atoms with Crippen LogP contribution in [0.1, 0.15) is 30.9 Å². The van der Waals surface area contributed by atoms with E-state index in [0.717, 1.165) is 32.4 Å². The van der Waals surface area contributed by atoms with Crippen LogP contribution in [0.15, 0.2) is 29.5 Å². The van der Waals surface area contributed by atoms with Crippen molar-refractivity contribution < 1.29 is 4.79 Å². The Kier molecular flexibility index (Phi) is 4.11. The number of amides is 1. The van der Waals surface area contributed by atoms with Crippen LogP contribution in [0.25, 0.3) is 0 Å². The van der Waals surface area contributed by atoms with E-state index in [0.29, 0.717) is 6.42 Å². The van der Waals surface area contributed by atoms with Crippen molar-refractivity contribution in [1.82, 2.24) is 19.7 Å². The molecule has 0 unspecified atom stereocenters. The Morgan fingerprint density at radius 3 is 3.20 bits per heavy atom. The monoisotopic (exact) mass is 290 g/mol. The highest BCUT2D eigenvalue weighted by Gasteiger charge is 2.24. The number of hydrogen-bond acceptors (Lipinski definition) is 4. The third-order valence-corrected chi connectivity index (χ3v) is 4.50. The number of hydrogen-bond donors (Lipinski definition) is 0. The van der Waals surface area contributed by atoms with Crippen LogP contribution in [0.4, 0.5) is 0 Å². The zero-order valence-electron chi connectivity index (χ0n) is 11.3. The number of rotatable bonds is 4. The van der Waals surface area contributed by atoms with Gasteiger partial charge in [0.25, 0.3) is 0 Å². The Labute approximate surface area is 122 Å². The van der Waals surface area contributed by atoms with Crippen LogP contribution in [0.2, 0.25) is 0 Å². The normalized spacial score (nSPS) is 19.2. The molecule has 106 valence electrons. The molecule has 0 radical (unpaired) electrons. The molecule has 5 nitrogen and oxygen atoms in total. The standard InChI is InChI=1S/C14H18N4OS/c19-14(4-3-12-5-7-20-9-12)17-6-1-2-13(8-17)18-11-15-10-16-18/h5,7,9-11,13H,1-4,6,8H2/t13-/m0/s1. The maximum absolute atomic E-state index is 12.3. The molecule has 0 spiro atoms. The highest BCUT2D eigenvalue weighted by molar-refractivity contribution is 7.07. The van der Waals surface area contributed by atoms with Gasteiger partial charge in [0.15, 0.2) is 0 Å². The highest BCUT2D eigenvalue weighted by atomic mass is 32.1. The van der Waals surface area contributed by atoms with E-state index in [1.165, 1.54) is 5.56 Å². The van der Waals surface area contributed by atoms with Crippen molar-refractivity contribution >= 4 is 17.2 Å². The minimum Gasteiger partial charge on any atom is -0.341 e. The molecule has 0 aromatic carbocycles. The third kappa shape index (κ3) is 3.07. The topological polar surface area (TPSA) is 51.0 Å². The summed E-state index contributed by atoms with van der Waals surface area (Å²) in [4.78, 5) is 18.3. The van der Waals surface area contributed by atoms with Crippen molar-refractivity contribution in [1.29, 1.82) is 0 Å². The van der Waals surface area contributed by atoms with Crippen molar-refractivity contribution in [3.05, 3.63) is 35.0 Å². The molecule has 0 aliphatic carbocycles. The lowest BCUT2D eigenvalue weighted by Gasteiger charge is -2.32. The molecular weight excluding hydrogens is 272 g/mol. The molecule has 0 N–H and O–H groups in total. The molecule has 1 aliphatic rings. The van der Waals surface area contributed by atoms with Crippen molar-refractivity contribution in [2.24, 2.45) is 0 Å².